The van der Waals surface area contributed by atoms with E-state index in [9.17, 15) is 18.0 Å². The highest BCUT2D eigenvalue weighted by Crippen LogP contribution is 2.36. The van der Waals surface area contributed by atoms with Crippen LogP contribution in [0, 0.1) is 0 Å². The summed E-state index contributed by atoms with van der Waals surface area (Å²) in [6, 6.07) is 27.9. The SMILES string of the molecule is O=C(NC1CCCCC1)[C@H](Cc1ccccc1)N(Cc1ccccc1Cl)C(=O)CN(c1cccc(Cl)c1Cl)S(=O)(=O)c1ccccc1. The standard InChI is InChI=1S/C36H36Cl3N3O4S/c37-30-20-11-10-15-27(30)24-41(33(23-26-13-4-1-5-14-26)36(44)40-28-16-6-2-7-17-28)34(43)25-42(32-22-12-21-31(38)35(32)39)47(45,46)29-18-8-3-9-19-29/h1,3-5,8-15,18-22,28,33H,2,6-7,16-17,23-25H2,(H,40,44)/t33-/m0/s1. The Labute approximate surface area is 291 Å². The van der Waals surface area contributed by atoms with E-state index in [0.717, 1.165) is 42.0 Å². The van der Waals surface area contributed by atoms with Crippen LogP contribution < -0.4 is 9.62 Å². The van der Waals surface area contributed by atoms with Crippen LogP contribution in [0.3, 0.4) is 0 Å². The first-order valence-electron chi connectivity index (χ1n) is 15.5. The largest absolute Gasteiger partial charge is 0.352 e. The summed E-state index contributed by atoms with van der Waals surface area (Å²) in [6.45, 7) is -0.680. The summed E-state index contributed by atoms with van der Waals surface area (Å²) in [6.07, 6.45) is 5.08. The van der Waals surface area contributed by atoms with Crippen LogP contribution in [-0.4, -0.2) is 43.8 Å². The molecule has 4 aromatic carbocycles. The third-order valence-corrected chi connectivity index (χ3v) is 11.3. The van der Waals surface area contributed by atoms with Gasteiger partial charge in [-0.25, -0.2) is 8.42 Å². The van der Waals surface area contributed by atoms with E-state index in [1.54, 1.807) is 48.5 Å². The zero-order chi connectivity index (χ0) is 33.4. The topological polar surface area (TPSA) is 86.8 Å². The average Bonchev–Trinajstić information content (AvgIpc) is 3.08. The van der Waals surface area contributed by atoms with E-state index in [1.807, 2.05) is 30.3 Å². The smallest absolute Gasteiger partial charge is 0.264 e. The van der Waals surface area contributed by atoms with Gasteiger partial charge < -0.3 is 10.2 Å². The Morgan fingerprint density at radius 1 is 0.766 bits per heavy atom. The molecule has 1 aliphatic rings. The van der Waals surface area contributed by atoms with Gasteiger partial charge in [-0.3, -0.25) is 13.9 Å². The summed E-state index contributed by atoms with van der Waals surface area (Å²) in [4.78, 5) is 30.3. The number of amides is 2. The molecular formula is C36H36Cl3N3O4S. The highest BCUT2D eigenvalue weighted by Gasteiger charge is 2.36. The summed E-state index contributed by atoms with van der Waals surface area (Å²) in [7, 11) is -4.31. The van der Waals surface area contributed by atoms with E-state index in [1.165, 1.54) is 29.2 Å². The van der Waals surface area contributed by atoms with Gasteiger partial charge >= 0.3 is 0 Å². The lowest BCUT2D eigenvalue weighted by Crippen LogP contribution is -2.55. The molecule has 0 heterocycles. The monoisotopic (exact) mass is 711 g/mol. The van der Waals surface area contributed by atoms with Crippen LogP contribution in [0.4, 0.5) is 5.69 Å². The lowest BCUT2D eigenvalue weighted by Gasteiger charge is -2.35. The molecule has 1 atom stereocenters. The highest BCUT2D eigenvalue weighted by molar-refractivity contribution is 7.92. The molecule has 246 valence electrons. The maximum atomic E-state index is 14.7. The second-order valence-corrected chi connectivity index (χ2v) is 14.6. The lowest BCUT2D eigenvalue weighted by molar-refractivity contribution is -0.140. The minimum absolute atomic E-state index is 0.00740. The number of carbonyl (C=O) groups is 2. The van der Waals surface area contributed by atoms with Crippen molar-refractivity contribution in [2.45, 2.75) is 62.0 Å². The number of benzene rings is 4. The van der Waals surface area contributed by atoms with Crippen molar-refractivity contribution in [1.82, 2.24) is 10.2 Å². The zero-order valence-electron chi connectivity index (χ0n) is 25.7. The predicted octanol–water partition coefficient (Wildman–Crippen LogP) is 7.93. The predicted molar refractivity (Wildman–Crippen MR) is 188 cm³/mol. The molecule has 0 aliphatic heterocycles. The molecule has 0 saturated heterocycles. The summed E-state index contributed by atoms with van der Waals surface area (Å²) in [5, 5.41) is 3.73. The van der Waals surface area contributed by atoms with Crippen LogP contribution in [0.5, 0.6) is 0 Å². The fourth-order valence-electron chi connectivity index (χ4n) is 5.83. The molecule has 0 aromatic heterocycles. The molecule has 0 radical (unpaired) electrons. The lowest BCUT2D eigenvalue weighted by atomic mass is 9.94. The Balaban J connectivity index is 1.59. The van der Waals surface area contributed by atoms with Crippen LogP contribution in [-0.2, 0) is 32.6 Å². The summed E-state index contributed by atoms with van der Waals surface area (Å²) in [5.41, 5.74) is 1.50. The van der Waals surface area contributed by atoms with E-state index in [-0.39, 0.29) is 45.5 Å². The first-order valence-corrected chi connectivity index (χ1v) is 18.1. The summed E-state index contributed by atoms with van der Waals surface area (Å²) < 4.78 is 29.3. The quantitative estimate of drug-likeness (QED) is 0.162. The van der Waals surface area contributed by atoms with Crippen LogP contribution in [0.2, 0.25) is 15.1 Å². The van der Waals surface area contributed by atoms with Crippen molar-refractivity contribution in [3.05, 3.63) is 129 Å². The van der Waals surface area contributed by atoms with E-state index in [2.05, 4.69) is 5.32 Å². The van der Waals surface area contributed by atoms with Gasteiger partial charge in [0.05, 0.1) is 20.6 Å². The number of nitrogens with one attached hydrogen (secondary N) is 1. The van der Waals surface area contributed by atoms with Crippen LogP contribution in [0.25, 0.3) is 0 Å². The van der Waals surface area contributed by atoms with Crippen molar-refractivity contribution in [3.63, 3.8) is 0 Å². The minimum Gasteiger partial charge on any atom is -0.352 e. The normalized spacial score (nSPS) is 14.3. The van der Waals surface area contributed by atoms with Gasteiger partial charge in [-0.1, -0.05) is 127 Å². The molecular weight excluding hydrogens is 677 g/mol. The van der Waals surface area contributed by atoms with Crippen molar-refractivity contribution >= 4 is 62.3 Å². The molecule has 1 fully saturated rings. The number of halogens is 3. The third kappa shape index (κ3) is 8.68. The van der Waals surface area contributed by atoms with Crippen LogP contribution in [0.15, 0.2) is 108 Å². The molecule has 7 nitrogen and oxygen atoms in total. The van der Waals surface area contributed by atoms with Crippen molar-refractivity contribution < 1.29 is 18.0 Å². The summed E-state index contributed by atoms with van der Waals surface area (Å²) in [5.74, 6) is -0.917. The Morgan fingerprint density at radius 3 is 2.06 bits per heavy atom. The molecule has 47 heavy (non-hydrogen) atoms. The van der Waals surface area contributed by atoms with Gasteiger partial charge in [0.25, 0.3) is 10.0 Å². The zero-order valence-corrected chi connectivity index (χ0v) is 28.8. The fraction of sp³-hybridized carbons (Fsp3) is 0.278. The Hall–Kier alpha value is -3.56. The maximum Gasteiger partial charge on any atom is 0.264 e. The molecule has 1 aliphatic carbocycles. The second-order valence-electron chi connectivity index (χ2n) is 11.6. The second kappa shape index (κ2) is 16.0. The van der Waals surface area contributed by atoms with E-state index >= 15 is 0 Å². The first-order chi connectivity index (χ1) is 22.6. The van der Waals surface area contributed by atoms with Crippen molar-refractivity contribution in [2.24, 2.45) is 0 Å². The van der Waals surface area contributed by atoms with Crippen LogP contribution in [0.1, 0.15) is 43.2 Å². The number of hydrogen-bond donors (Lipinski definition) is 1. The molecule has 0 spiro atoms. The number of anilines is 1. The molecule has 1 N–H and O–H groups in total. The van der Waals surface area contributed by atoms with Crippen molar-refractivity contribution in [3.8, 4) is 0 Å². The van der Waals surface area contributed by atoms with Crippen molar-refractivity contribution in [2.75, 3.05) is 10.8 Å². The van der Waals surface area contributed by atoms with Gasteiger partial charge in [-0.2, -0.15) is 0 Å². The van der Waals surface area contributed by atoms with E-state index in [4.69, 9.17) is 34.8 Å². The van der Waals surface area contributed by atoms with Gasteiger partial charge in [0.2, 0.25) is 11.8 Å². The third-order valence-electron chi connectivity index (χ3n) is 8.33. The summed E-state index contributed by atoms with van der Waals surface area (Å²) >= 11 is 19.5. The molecule has 5 rings (SSSR count). The van der Waals surface area contributed by atoms with Gasteiger partial charge in [-0.05, 0) is 54.3 Å². The number of sulfonamides is 1. The first kappa shape index (κ1) is 34.8. The molecule has 4 aromatic rings. The fourth-order valence-corrected chi connectivity index (χ4v) is 7.92. The number of carbonyl (C=O) groups excluding carboxylic acids is 2. The molecule has 2 amide bonds. The van der Waals surface area contributed by atoms with E-state index in [0.29, 0.717) is 10.6 Å². The molecule has 1 saturated carbocycles. The van der Waals surface area contributed by atoms with Crippen LogP contribution >= 0.6 is 34.8 Å². The van der Waals surface area contributed by atoms with Gasteiger partial charge in [0, 0.05) is 24.0 Å². The molecule has 11 heteroatoms. The Kier molecular flexibility index (Phi) is 11.9. The van der Waals surface area contributed by atoms with E-state index < -0.39 is 28.5 Å². The Morgan fingerprint density at radius 2 is 1.38 bits per heavy atom. The van der Waals surface area contributed by atoms with Crippen molar-refractivity contribution in [1.29, 1.82) is 0 Å². The Bertz CT molecular complexity index is 1790. The number of rotatable bonds is 12. The maximum absolute atomic E-state index is 14.7. The van der Waals surface area contributed by atoms with Gasteiger partial charge in [0.15, 0.2) is 0 Å². The number of hydrogen-bond acceptors (Lipinski definition) is 4. The van der Waals surface area contributed by atoms with Gasteiger partial charge in [-0.15, -0.1) is 0 Å². The van der Waals surface area contributed by atoms with Gasteiger partial charge in [0.1, 0.15) is 12.6 Å². The molecule has 0 unspecified atom stereocenters. The highest BCUT2D eigenvalue weighted by atomic mass is 35.5. The number of nitrogens with zero attached hydrogens (tertiary/aromatic N) is 2. The average molecular weight is 713 g/mol. The molecule has 0 bridgehead atoms. The minimum atomic E-state index is -4.31.